The highest BCUT2D eigenvalue weighted by Gasteiger charge is 2.30. The fourth-order valence-electron chi connectivity index (χ4n) is 15.8. The second-order valence-corrected chi connectivity index (χ2v) is 37.0. The minimum atomic E-state index is -0.0740. The Bertz CT molecular complexity index is 6180. The van der Waals surface area contributed by atoms with Crippen molar-refractivity contribution in [1.29, 1.82) is 0 Å². The first-order valence-corrected chi connectivity index (χ1v) is 44.2. The number of aromatic nitrogens is 7. The molecule has 14 N–H and O–H groups in total. The van der Waals surface area contributed by atoms with E-state index >= 15 is 0 Å². The number of rotatable bonds is 14. The maximum absolute atomic E-state index is 10.2. The van der Waals surface area contributed by atoms with Crippen LogP contribution in [0.25, 0.3) is 75.4 Å². The van der Waals surface area contributed by atoms with Crippen LogP contribution in [0.5, 0.6) is 80.6 Å². The maximum atomic E-state index is 10.2. The van der Waals surface area contributed by atoms with Gasteiger partial charge in [-0.2, -0.15) is 18.3 Å². The fourth-order valence-corrected chi connectivity index (χ4v) is 15.8. The van der Waals surface area contributed by atoms with E-state index < -0.39 is 0 Å². The molecule has 0 saturated heterocycles. The van der Waals surface area contributed by atoms with Crippen molar-refractivity contribution in [1.82, 2.24) is 0 Å². The molecule has 0 aliphatic carbocycles. The van der Waals surface area contributed by atoms with Crippen LogP contribution in [-0.4, -0.2) is 71.5 Å². The topological polar surface area (TPSA) is 310 Å². The monoisotopic (exact) mass is 1720 g/mol. The van der Waals surface area contributed by atoms with Crippen molar-refractivity contribution in [2.24, 2.45) is 0 Å². The average Bonchev–Trinajstić information content (AvgIpc) is 0.807. The minimum Gasteiger partial charge on any atom is -0.504 e. The Morgan fingerprint density at radius 3 is 1.15 bits per heavy atom. The number of nitrogens with zero attached hydrogens (tertiary/aromatic N) is 7. The molecule has 7 aromatic heterocycles. The molecule has 126 heavy (non-hydrogen) atoms. The summed E-state index contributed by atoms with van der Waals surface area (Å²) in [6, 6.07) is 35.0. The number of hydrogen-bond acceptors (Lipinski definition) is 14. The number of phenols is 12. The van der Waals surface area contributed by atoms with Gasteiger partial charge in [-0.05, 0) is 220 Å². The summed E-state index contributed by atoms with van der Waals surface area (Å²) in [5.41, 5.74) is 7.52. The molecule has 0 aliphatic rings. The van der Waals surface area contributed by atoms with E-state index in [1.165, 1.54) is 29.1 Å². The number of aromatic hydroxyl groups is 14. The van der Waals surface area contributed by atoms with Gasteiger partial charge < -0.3 is 71.5 Å². The maximum Gasteiger partial charge on any atom is 0.409 e. The van der Waals surface area contributed by atoms with Gasteiger partial charge in [-0.3, -0.25) is 0 Å². The van der Waals surface area contributed by atoms with E-state index in [9.17, 15) is 71.5 Å². The Morgan fingerprint density at radius 2 is 0.635 bits per heavy atom. The highest BCUT2D eigenvalue weighted by Crippen LogP contribution is 2.44. The van der Waals surface area contributed by atoms with Crippen LogP contribution in [0.1, 0.15) is 317 Å². The summed E-state index contributed by atoms with van der Waals surface area (Å²) in [7, 11) is 0. The first-order chi connectivity index (χ1) is 58.9. The van der Waals surface area contributed by atoms with E-state index in [-0.39, 0.29) is 98.5 Å². The van der Waals surface area contributed by atoms with Crippen molar-refractivity contribution >= 4 is 75.4 Å². The molecule has 0 bridgehead atoms. The van der Waals surface area contributed by atoms with E-state index in [2.05, 4.69) is 197 Å². The minimum absolute atomic E-state index is 0.000920. The van der Waals surface area contributed by atoms with Crippen molar-refractivity contribution in [2.75, 3.05) is 0 Å². The molecule has 14 rings (SSSR count). The van der Waals surface area contributed by atoms with Gasteiger partial charge in [0.1, 0.15) is 0 Å². The molecule has 0 unspecified atom stereocenters. The number of fused-ring (bicyclic) bond motifs is 7. The van der Waals surface area contributed by atoms with Crippen molar-refractivity contribution < 1.29 is 103 Å². The molecule has 7 aromatic carbocycles. The Morgan fingerprint density at radius 1 is 0.206 bits per heavy atom. The summed E-state index contributed by atoms with van der Waals surface area (Å²) in [4.78, 5) is 0. The summed E-state index contributed by atoms with van der Waals surface area (Å²) in [5, 5.41) is 151. The predicted octanol–water partition coefficient (Wildman–Crippen LogP) is 22.7. The molecular weight excluding hydrogens is 1580 g/mol. The van der Waals surface area contributed by atoms with Gasteiger partial charge in [-0.15, -0.1) is 0 Å². The first kappa shape index (κ1) is 99.0. The average molecular weight is 1720 g/mol. The quantitative estimate of drug-likeness (QED) is 0.0356. The molecule has 0 aliphatic heterocycles. The van der Waals surface area contributed by atoms with Gasteiger partial charge in [-0.25, -0.2) is 13.7 Å². The van der Waals surface area contributed by atoms with Gasteiger partial charge in [-0.1, -0.05) is 109 Å². The summed E-state index contributed by atoms with van der Waals surface area (Å²) < 4.78 is 14.3. The van der Waals surface area contributed by atoms with Crippen LogP contribution in [0.4, 0.5) is 0 Å². The van der Waals surface area contributed by atoms with Crippen LogP contribution in [0, 0.1) is 0 Å². The summed E-state index contributed by atoms with van der Waals surface area (Å²) in [5.74, 6) is 1.52. The van der Waals surface area contributed by atoms with E-state index in [4.69, 9.17) is 0 Å². The highest BCUT2D eigenvalue weighted by molar-refractivity contribution is 5.96. The number of benzene rings is 7. The standard InChI is InChI=1S/7C15H19NO2/c1-9(2)12-7-14(17)15(18)13-8-16(10(3)4)6-5-11(12)13;1-9(2)12-7-16(10(3)4)8-13-11(12)5-6-14(17)15(13)18;1-9(2)15-12-8-14(18)13(17)7-11(12)5-6-16(15)10(3)4;1-9(2)13-7-11-5-6-14(17)15(18)12(11)8-16(13)10(3)4;1-9(2)12-7-11-5-6-16(10(3)4)8-13(11)15(18)14(12)17;1-9(2)14-13-11(5-6-12(17)15(13)18)7-8-16(14)10(3)4;1-9(2)12-7-5-6-11-8-16(10(3)4)15(18)14(17)13(11)12/h2*5-10,17H,1-4H3;5-10,18H,1-4H3;4*5-10,17H,1-4H3/p+7. The third-order valence-corrected chi connectivity index (χ3v) is 22.9. The second kappa shape index (κ2) is 41.6. The predicted molar refractivity (Wildman–Crippen MR) is 504 cm³/mol. The Kier molecular flexibility index (Phi) is 32.7. The van der Waals surface area contributed by atoms with Crippen molar-refractivity contribution in [3.05, 3.63) is 210 Å². The molecule has 672 valence electrons. The van der Waals surface area contributed by atoms with Crippen LogP contribution in [0.2, 0.25) is 0 Å². The van der Waals surface area contributed by atoms with E-state index in [1.807, 2.05) is 159 Å². The van der Waals surface area contributed by atoms with Gasteiger partial charge >= 0.3 is 5.88 Å². The largest absolute Gasteiger partial charge is 0.504 e. The van der Waals surface area contributed by atoms with Crippen LogP contribution in [0.3, 0.4) is 0 Å². The Hall–Kier alpha value is -12.4. The SMILES string of the molecule is CC(C)c1c2c(O)c(O)ccc2cc[n+]1C(C)C.CC(C)c1c2cc(O)c(O)cc2cc[n+]1C(C)C.CC(C)c1c[n+](C(C)C)cc2c(O)c(O)ccc12.CC(C)c1cc(O)c(O)c2c[n+](C(C)C)ccc12.CC(C)c1cc2cc[n+](C(C)C)cc2c(O)c1O.CC(C)c1cc2ccc(O)c(O)c2c[n+]1C(C)C.CC(C)c1cccc2c[n+](C(C)C)c(O)c(O)c12. The van der Waals surface area contributed by atoms with E-state index in [0.29, 0.717) is 87.4 Å². The molecule has 14 aromatic rings. The highest BCUT2D eigenvalue weighted by atomic mass is 16.3. The van der Waals surface area contributed by atoms with Crippen molar-refractivity contribution in [3.8, 4) is 80.6 Å². The number of phenolic OH excluding ortho intramolecular Hbond substituents is 12. The van der Waals surface area contributed by atoms with Crippen LogP contribution in [-0.2, 0) is 0 Å². The third kappa shape index (κ3) is 22.1. The van der Waals surface area contributed by atoms with Crippen LogP contribution >= 0.6 is 0 Å². The van der Waals surface area contributed by atoms with Gasteiger partial charge in [0, 0.05) is 75.4 Å². The van der Waals surface area contributed by atoms with Gasteiger partial charge in [0.15, 0.2) is 190 Å². The fraction of sp³-hybridized carbons (Fsp3) is 0.400. The second-order valence-electron chi connectivity index (χ2n) is 37.0. The molecule has 0 fully saturated rings. The summed E-state index contributed by atoms with van der Waals surface area (Å²) in [6.07, 6.45) is 19.7. The lowest BCUT2D eigenvalue weighted by Gasteiger charge is -2.14. The lowest BCUT2D eigenvalue weighted by Crippen LogP contribution is -2.41. The zero-order valence-electron chi connectivity index (χ0n) is 79.1. The van der Waals surface area contributed by atoms with Crippen LogP contribution < -0.4 is 32.0 Å². The summed E-state index contributed by atoms with van der Waals surface area (Å²) >= 11 is 0. The lowest BCUT2D eigenvalue weighted by molar-refractivity contribution is -0.723. The number of pyridine rings is 7. The molecule has 0 radical (unpaired) electrons. The van der Waals surface area contributed by atoms with E-state index in [1.54, 1.807) is 28.8 Å². The van der Waals surface area contributed by atoms with Gasteiger partial charge in [0.25, 0.3) is 0 Å². The number of hydrogen-bond donors (Lipinski definition) is 14. The molecule has 7 heterocycles. The first-order valence-electron chi connectivity index (χ1n) is 44.2. The van der Waals surface area contributed by atoms with Crippen molar-refractivity contribution in [3.63, 3.8) is 0 Å². The zero-order valence-corrected chi connectivity index (χ0v) is 79.1. The van der Waals surface area contributed by atoms with Gasteiger partial charge in [0.2, 0.25) is 5.75 Å². The lowest BCUT2D eigenvalue weighted by atomic mass is 9.96. The molecule has 0 saturated carbocycles. The van der Waals surface area contributed by atoms with Crippen LogP contribution in [0.15, 0.2) is 171 Å². The normalized spacial score (nSPS) is 11.7. The smallest absolute Gasteiger partial charge is 0.409 e. The molecule has 0 spiro atoms. The Balaban J connectivity index is 0.000000182. The van der Waals surface area contributed by atoms with Crippen molar-refractivity contribution in [2.45, 2.75) is 278 Å². The zero-order chi connectivity index (χ0) is 94.1. The summed E-state index contributed by atoms with van der Waals surface area (Å²) in [6.45, 7) is 58.5. The van der Waals surface area contributed by atoms with E-state index in [0.717, 1.165) is 76.2 Å². The third-order valence-electron chi connectivity index (χ3n) is 22.9. The molecular formula is C105H140N7O14+7. The molecule has 0 amide bonds. The molecule has 21 nitrogen and oxygen atoms in total. The van der Waals surface area contributed by atoms with Gasteiger partial charge in [0.05, 0.1) is 37.7 Å². The molecule has 0 atom stereocenters. The molecule has 21 heteroatoms. The Labute approximate surface area is 743 Å².